The molecule has 1 unspecified atom stereocenters. The lowest BCUT2D eigenvalue weighted by Crippen LogP contribution is -2.53. The van der Waals surface area contributed by atoms with Gasteiger partial charge in [-0.05, 0) is 12.5 Å². The lowest BCUT2D eigenvalue weighted by molar-refractivity contribution is -0.148. The fourth-order valence-corrected chi connectivity index (χ4v) is 1.25. The first-order valence-corrected chi connectivity index (χ1v) is 4.42. The first-order valence-electron chi connectivity index (χ1n) is 4.42. The van der Waals surface area contributed by atoms with E-state index < -0.39 is 11.8 Å². The molecule has 5 heteroatoms. The van der Waals surface area contributed by atoms with Crippen molar-refractivity contribution < 1.29 is 9.59 Å². The van der Waals surface area contributed by atoms with Crippen molar-refractivity contribution in [3.63, 3.8) is 0 Å². The SMILES string of the molecule is CC(CN)CN1CCNC(=O)C1=O. The Morgan fingerprint density at radius 2 is 2.31 bits per heavy atom. The first kappa shape index (κ1) is 9.98. The van der Waals surface area contributed by atoms with Gasteiger partial charge in [0.15, 0.2) is 0 Å². The molecule has 74 valence electrons. The van der Waals surface area contributed by atoms with E-state index in [0.29, 0.717) is 26.2 Å². The van der Waals surface area contributed by atoms with E-state index in [4.69, 9.17) is 5.73 Å². The van der Waals surface area contributed by atoms with Crippen LogP contribution in [0.3, 0.4) is 0 Å². The number of piperazine rings is 1. The van der Waals surface area contributed by atoms with Gasteiger partial charge in [-0.2, -0.15) is 0 Å². The van der Waals surface area contributed by atoms with Crippen LogP contribution in [0.15, 0.2) is 0 Å². The second kappa shape index (κ2) is 4.23. The molecule has 0 saturated carbocycles. The van der Waals surface area contributed by atoms with Crippen molar-refractivity contribution in [1.29, 1.82) is 0 Å². The highest BCUT2D eigenvalue weighted by molar-refractivity contribution is 6.35. The van der Waals surface area contributed by atoms with E-state index in [2.05, 4.69) is 5.32 Å². The number of hydrogen-bond acceptors (Lipinski definition) is 3. The molecule has 0 spiro atoms. The van der Waals surface area contributed by atoms with Crippen LogP contribution in [0.1, 0.15) is 6.92 Å². The van der Waals surface area contributed by atoms with E-state index in [9.17, 15) is 9.59 Å². The van der Waals surface area contributed by atoms with Crippen molar-refractivity contribution in [1.82, 2.24) is 10.2 Å². The van der Waals surface area contributed by atoms with E-state index in [1.165, 1.54) is 0 Å². The van der Waals surface area contributed by atoms with Crippen LogP contribution in [0.5, 0.6) is 0 Å². The summed E-state index contributed by atoms with van der Waals surface area (Å²) in [6.07, 6.45) is 0. The molecule has 0 bridgehead atoms. The standard InChI is InChI=1S/C8H15N3O2/c1-6(4-9)5-11-3-2-10-7(12)8(11)13/h6H,2-5,9H2,1H3,(H,10,12). The third-order valence-corrected chi connectivity index (χ3v) is 2.08. The Labute approximate surface area is 77.3 Å². The third-order valence-electron chi connectivity index (χ3n) is 2.08. The van der Waals surface area contributed by atoms with Crippen molar-refractivity contribution in [2.24, 2.45) is 11.7 Å². The zero-order valence-corrected chi connectivity index (χ0v) is 7.75. The van der Waals surface area contributed by atoms with Gasteiger partial charge in [0.25, 0.3) is 0 Å². The Hall–Kier alpha value is -1.10. The number of carbonyl (C=O) groups is 2. The number of nitrogens with two attached hydrogens (primary N) is 1. The molecule has 5 nitrogen and oxygen atoms in total. The average Bonchev–Trinajstić information content (AvgIpc) is 2.13. The van der Waals surface area contributed by atoms with Crippen LogP contribution >= 0.6 is 0 Å². The minimum Gasteiger partial charge on any atom is -0.346 e. The van der Waals surface area contributed by atoms with Crippen LogP contribution in [0.25, 0.3) is 0 Å². The molecule has 0 aliphatic carbocycles. The lowest BCUT2D eigenvalue weighted by atomic mass is 10.1. The molecule has 1 aliphatic rings. The van der Waals surface area contributed by atoms with Crippen LogP contribution in [0, 0.1) is 5.92 Å². The van der Waals surface area contributed by atoms with Crippen LogP contribution in [0.2, 0.25) is 0 Å². The molecule has 1 fully saturated rings. The number of hydrogen-bond donors (Lipinski definition) is 2. The van der Waals surface area contributed by atoms with E-state index in [0.717, 1.165) is 0 Å². The molecule has 1 saturated heterocycles. The molecule has 13 heavy (non-hydrogen) atoms. The summed E-state index contributed by atoms with van der Waals surface area (Å²) >= 11 is 0. The average molecular weight is 185 g/mol. The summed E-state index contributed by atoms with van der Waals surface area (Å²) < 4.78 is 0. The molecule has 0 aromatic rings. The maximum atomic E-state index is 11.2. The molecular weight excluding hydrogens is 170 g/mol. The summed E-state index contributed by atoms with van der Waals surface area (Å²) in [5.41, 5.74) is 5.43. The van der Waals surface area contributed by atoms with Gasteiger partial charge in [-0.25, -0.2) is 0 Å². The zero-order chi connectivity index (χ0) is 9.84. The Balaban J connectivity index is 2.49. The summed E-state index contributed by atoms with van der Waals surface area (Å²) in [7, 11) is 0. The quantitative estimate of drug-likeness (QED) is 0.528. The molecule has 2 amide bonds. The van der Waals surface area contributed by atoms with E-state index in [1.54, 1.807) is 4.90 Å². The van der Waals surface area contributed by atoms with Gasteiger partial charge < -0.3 is 16.0 Å². The predicted octanol–water partition coefficient (Wildman–Crippen LogP) is -1.46. The Kier molecular flexibility index (Phi) is 3.25. The second-order valence-corrected chi connectivity index (χ2v) is 3.35. The Morgan fingerprint density at radius 3 is 2.92 bits per heavy atom. The van der Waals surface area contributed by atoms with Crippen molar-refractivity contribution in [3.05, 3.63) is 0 Å². The van der Waals surface area contributed by atoms with Gasteiger partial charge in [-0.1, -0.05) is 6.92 Å². The zero-order valence-electron chi connectivity index (χ0n) is 7.75. The monoisotopic (exact) mass is 185 g/mol. The molecule has 0 aromatic carbocycles. The molecule has 3 N–H and O–H groups in total. The van der Waals surface area contributed by atoms with E-state index in [-0.39, 0.29) is 5.92 Å². The molecule has 0 aromatic heterocycles. The van der Waals surface area contributed by atoms with Crippen LogP contribution in [-0.4, -0.2) is 42.9 Å². The van der Waals surface area contributed by atoms with E-state index >= 15 is 0 Å². The maximum absolute atomic E-state index is 11.2. The highest BCUT2D eigenvalue weighted by Gasteiger charge is 2.26. The molecule has 1 aliphatic heterocycles. The molecular formula is C8H15N3O2. The minimum absolute atomic E-state index is 0.245. The lowest BCUT2D eigenvalue weighted by Gasteiger charge is -2.28. The van der Waals surface area contributed by atoms with Gasteiger partial charge >= 0.3 is 11.8 Å². The fraction of sp³-hybridized carbons (Fsp3) is 0.750. The molecule has 0 radical (unpaired) electrons. The highest BCUT2D eigenvalue weighted by Crippen LogP contribution is 2.01. The maximum Gasteiger partial charge on any atom is 0.311 e. The summed E-state index contributed by atoms with van der Waals surface area (Å²) in [5.74, 6) is -0.697. The van der Waals surface area contributed by atoms with Gasteiger partial charge in [-0.3, -0.25) is 9.59 Å². The summed E-state index contributed by atoms with van der Waals surface area (Å²) in [6, 6.07) is 0. The topological polar surface area (TPSA) is 75.4 Å². The summed E-state index contributed by atoms with van der Waals surface area (Å²) in [5, 5.41) is 2.49. The van der Waals surface area contributed by atoms with Gasteiger partial charge in [-0.15, -0.1) is 0 Å². The smallest absolute Gasteiger partial charge is 0.311 e. The number of amides is 2. The summed E-state index contributed by atoms with van der Waals surface area (Å²) in [6.45, 7) is 4.20. The van der Waals surface area contributed by atoms with Crippen molar-refractivity contribution in [2.45, 2.75) is 6.92 Å². The number of carbonyl (C=O) groups excluding carboxylic acids is 2. The third kappa shape index (κ3) is 2.42. The van der Waals surface area contributed by atoms with Gasteiger partial charge in [0.05, 0.1) is 0 Å². The minimum atomic E-state index is -0.504. The van der Waals surface area contributed by atoms with Crippen molar-refractivity contribution in [3.8, 4) is 0 Å². The highest BCUT2D eigenvalue weighted by atomic mass is 16.2. The van der Waals surface area contributed by atoms with Gasteiger partial charge in [0.2, 0.25) is 0 Å². The van der Waals surface area contributed by atoms with E-state index in [1.807, 2.05) is 6.92 Å². The number of rotatable bonds is 3. The van der Waals surface area contributed by atoms with Gasteiger partial charge in [0.1, 0.15) is 0 Å². The summed E-state index contributed by atoms with van der Waals surface area (Å²) in [4.78, 5) is 23.7. The molecule has 1 atom stereocenters. The van der Waals surface area contributed by atoms with Gasteiger partial charge in [0, 0.05) is 19.6 Å². The van der Waals surface area contributed by atoms with Crippen LogP contribution in [-0.2, 0) is 9.59 Å². The second-order valence-electron chi connectivity index (χ2n) is 3.35. The number of nitrogens with zero attached hydrogens (tertiary/aromatic N) is 1. The van der Waals surface area contributed by atoms with Crippen molar-refractivity contribution >= 4 is 11.8 Å². The number of nitrogens with one attached hydrogen (secondary N) is 1. The Bertz CT molecular complexity index is 217. The van der Waals surface area contributed by atoms with Crippen LogP contribution < -0.4 is 11.1 Å². The fourth-order valence-electron chi connectivity index (χ4n) is 1.25. The Morgan fingerprint density at radius 1 is 1.62 bits per heavy atom. The van der Waals surface area contributed by atoms with Crippen molar-refractivity contribution in [2.75, 3.05) is 26.2 Å². The molecule has 1 rings (SSSR count). The normalized spacial score (nSPS) is 20.0. The largest absolute Gasteiger partial charge is 0.346 e. The predicted molar refractivity (Wildman–Crippen MR) is 47.8 cm³/mol. The first-order chi connectivity index (χ1) is 6.15. The van der Waals surface area contributed by atoms with Crippen LogP contribution in [0.4, 0.5) is 0 Å². The molecule has 1 heterocycles.